The van der Waals surface area contributed by atoms with Crippen molar-refractivity contribution in [3.63, 3.8) is 0 Å². The molecule has 0 aliphatic carbocycles. The van der Waals surface area contributed by atoms with E-state index in [9.17, 15) is 14.4 Å². The van der Waals surface area contributed by atoms with Crippen LogP contribution in [0.15, 0.2) is 36.4 Å². The van der Waals surface area contributed by atoms with E-state index in [0.29, 0.717) is 24.0 Å². The average Bonchev–Trinajstić information content (AvgIpc) is 2.58. The van der Waals surface area contributed by atoms with Gasteiger partial charge < -0.3 is 9.84 Å². The van der Waals surface area contributed by atoms with Crippen LogP contribution in [-0.4, -0.2) is 29.5 Å². The number of carbonyl (C=O) groups is 3. The lowest BCUT2D eigenvalue weighted by Crippen LogP contribution is -2.40. The number of hydrogen-bond donors (Lipinski definition) is 3. The van der Waals surface area contributed by atoms with Gasteiger partial charge in [0.15, 0.2) is 0 Å². The Morgan fingerprint density at radius 3 is 2.38 bits per heavy atom. The maximum Gasteiger partial charge on any atom is 0.328 e. The lowest BCUT2D eigenvalue weighted by atomic mass is 10.2. The number of hydrazine groups is 1. The first kappa shape index (κ1) is 19.2. The van der Waals surface area contributed by atoms with E-state index in [1.165, 1.54) is 12.8 Å². The Labute approximate surface area is 140 Å². The van der Waals surface area contributed by atoms with Crippen LogP contribution in [0.25, 0.3) is 0 Å². The topological polar surface area (TPSA) is 105 Å². The van der Waals surface area contributed by atoms with Crippen molar-refractivity contribution in [3.8, 4) is 5.75 Å². The van der Waals surface area contributed by atoms with Crippen LogP contribution < -0.4 is 15.6 Å². The fourth-order valence-electron chi connectivity index (χ4n) is 1.80. The highest BCUT2D eigenvalue weighted by molar-refractivity contribution is 5.98. The minimum absolute atomic E-state index is 0.343. The Hall–Kier alpha value is -2.83. The standard InChI is InChI=1S/C17H22N2O5/c1-2-3-4-5-12-24-14-8-6-13(7-9-14)17(23)19-18-15(20)10-11-16(21)22/h6-11H,2-5,12H2,1H3,(H,18,20)(H,19,23)(H,21,22)/b11-10+. The minimum atomic E-state index is -1.25. The Morgan fingerprint density at radius 1 is 1.04 bits per heavy atom. The van der Waals surface area contributed by atoms with E-state index in [1.807, 2.05) is 0 Å². The maximum atomic E-state index is 11.8. The number of rotatable bonds is 9. The van der Waals surface area contributed by atoms with Crippen LogP contribution in [0.4, 0.5) is 0 Å². The van der Waals surface area contributed by atoms with Gasteiger partial charge in [0, 0.05) is 17.7 Å². The van der Waals surface area contributed by atoms with Crippen LogP contribution in [-0.2, 0) is 9.59 Å². The molecule has 0 saturated heterocycles. The van der Waals surface area contributed by atoms with Crippen LogP contribution >= 0.6 is 0 Å². The highest BCUT2D eigenvalue weighted by Gasteiger charge is 2.06. The smallest absolute Gasteiger partial charge is 0.328 e. The first-order valence-corrected chi connectivity index (χ1v) is 7.77. The van der Waals surface area contributed by atoms with Gasteiger partial charge in [0.05, 0.1) is 6.61 Å². The molecule has 0 fully saturated rings. The summed E-state index contributed by atoms with van der Waals surface area (Å²) in [6.45, 7) is 2.78. The molecule has 3 N–H and O–H groups in total. The summed E-state index contributed by atoms with van der Waals surface area (Å²) in [6, 6.07) is 6.52. The van der Waals surface area contributed by atoms with Gasteiger partial charge in [-0.2, -0.15) is 0 Å². The fraction of sp³-hybridized carbons (Fsp3) is 0.353. The van der Waals surface area contributed by atoms with Crippen molar-refractivity contribution in [2.24, 2.45) is 0 Å². The average molecular weight is 334 g/mol. The predicted molar refractivity (Wildman–Crippen MR) is 88.5 cm³/mol. The molecule has 0 atom stereocenters. The Kier molecular flexibility index (Phi) is 8.67. The molecule has 7 nitrogen and oxygen atoms in total. The largest absolute Gasteiger partial charge is 0.494 e. The van der Waals surface area contributed by atoms with Crippen molar-refractivity contribution in [2.45, 2.75) is 32.6 Å². The van der Waals surface area contributed by atoms with Crippen LogP contribution in [0.2, 0.25) is 0 Å². The van der Waals surface area contributed by atoms with E-state index < -0.39 is 17.8 Å². The molecular weight excluding hydrogens is 312 g/mol. The molecule has 0 saturated carbocycles. The van der Waals surface area contributed by atoms with Crippen molar-refractivity contribution in [3.05, 3.63) is 42.0 Å². The second-order valence-electron chi connectivity index (χ2n) is 5.05. The molecule has 0 aliphatic rings. The monoisotopic (exact) mass is 334 g/mol. The number of unbranched alkanes of at least 4 members (excludes halogenated alkanes) is 3. The van der Waals surface area contributed by atoms with E-state index in [-0.39, 0.29) is 0 Å². The SMILES string of the molecule is CCCCCCOc1ccc(C(=O)NNC(=O)/C=C/C(=O)O)cc1. The van der Waals surface area contributed by atoms with E-state index in [2.05, 4.69) is 17.8 Å². The Balaban J connectivity index is 2.37. The number of aliphatic carboxylic acids is 1. The third-order valence-corrected chi connectivity index (χ3v) is 3.06. The summed E-state index contributed by atoms with van der Waals surface area (Å²) in [5.41, 5.74) is 4.61. The quantitative estimate of drug-likeness (QED) is 0.364. The number of carboxylic acid groups (broad SMARTS) is 1. The number of ether oxygens (including phenoxy) is 1. The lowest BCUT2D eigenvalue weighted by molar-refractivity contribution is -0.131. The van der Waals surface area contributed by atoms with Crippen LogP contribution in [0.1, 0.15) is 43.0 Å². The summed E-state index contributed by atoms with van der Waals surface area (Å²) in [4.78, 5) is 33.3. The summed E-state index contributed by atoms with van der Waals surface area (Å²) in [5, 5.41) is 8.38. The molecular formula is C17H22N2O5. The van der Waals surface area contributed by atoms with E-state index in [1.54, 1.807) is 24.3 Å². The number of carboxylic acids is 1. The first-order chi connectivity index (χ1) is 11.5. The van der Waals surface area contributed by atoms with Gasteiger partial charge in [-0.1, -0.05) is 26.2 Å². The minimum Gasteiger partial charge on any atom is -0.494 e. The van der Waals surface area contributed by atoms with Crippen molar-refractivity contribution in [1.29, 1.82) is 0 Å². The number of amides is 2. The number of hydrogen-bond acceptors (Lipinski definition) is 4. The normalized spacial score (nSPS) is 10.4. The van der Waals surface area contributed by atoms with Gasteiger partial charge in [-0.15, -0.1) is 0 Å². The summed E-state index contributed by atoms with van der Waals surface area (Å²) in [6.07, 6.45) is 5.97. The van der Waals surface area contributed by atoms with E-state index >= 15 is 0 Å². The highest BCUT2D eigenvalue weighted by Crippen LogP contribution is 2.13. The summed E-state index contributed by atoms with van der Waals surface area (Å²) in [5.74, 6) is -1.82. The molecule has 0 unspecified atom stereocenters. The molecule has 0 aromatic heterocycles. The molecule has 0 spiro atoms. The van der Waals surface area contributed by atoms with Gasteiger partial charge in [-0.25, -0.2) is 4.79 Å². The summed E-state index contributed by atoms with van der Waals surface area (Å²) < 4.78 is 5.57. The molecule has 130 valence electrons. The zero-order valence-corrected chi connectivity index (χ0v) is 13.6. The van der Waals surface area contributed by atoms with Gasteiger partial charge in [0.25, 0.3) is 11.8 Å². The summed E-state index contributed by atoms with van der Waals surface area (Å²) >= 11 is 0. The fourth-order valence-corrected chi connectivity index (χ4v) is 1.80. The molecule has 2 amide bonds. The highest BCUT2D eigenvalue weighted by atomic mass is 16.5. The van der Waals surface area contributed by atoms with E-state index in [4.69, 9.17) is 9.84 Å². The molecule has 0 heterocycles. The third kappa shape index (κ3) is 7.98. The lowest BCUT2D eigenvalue weighted by Gasteiger charge is -2.08. The maximum absolute atomic E-state index is 11.8. The zero-order valence-electron chi connectivity index (χ0n) is 13.6. The first-order valence-electron chi connectivity index (χ1n) is 7.77. The molecule has 0 radical (unpaired) electrons. The molecule has 1 aromatic rings. The molecule has 1 aromatic carbocycles. The van der Waals surface area contributed by atoms with E-state index in [0.717, 1.165) is 18.9 Å². The predicted octanol–water partition coefficient (Wildman–Crippen LogP) is 2.05. The number of benzene rings is 1. The Bertz CT molecular complexity index is 581. The van der Waals surface area contributed by atoms with Gasteiger partial charge >= 0.3 is 5.97 Å². The van der Waals surface area contributed by atoms with Crippen molar-refractivity contribution in [1.82, 2.24) is 10.9 Å². The van der Waals surface area contributed by atoms with Crippen LogP contribution in [0, 0.1) is 0 Å². The van der Waals surface area contributed by atoms with Gasteiger partial charge in [0.2, 0.25) is 0 Å². The molecule has 0 aliphatic heterocycles. The van der Waals surface area contributed by atoms with Crippen molar-refractivity contribution in [2.75, 3.05) is 6.61 Å². The summed E-state index contributed by atoms with van der Waals surface area (Å²) in [7, 11) is 0. The van der Waals surface area contributed by atoms with Gasteiger partial charge in [0.1, 0.15) is 5.75 Å². The molecule has 24 heavy (non-hydrogen) atoms. The molecule has 7 heteroatoms. The van der Waals surface area contributed by atoms with Crippen LogP contribution in [0.5, 0.6) is 5.75 Å². The second-order valence-corrected chi connectivity index (χ2v) is 5.05. The Morgan fingerprint density at radius 2 is 1.75 bits per heavy atom. The van der Waals surface area contributed by atoms with Crippen LogP contribution in [0.3, 0.4) is 0 Å². The molecule has 0 bridgehead atoms. The molecule has 1 rings (SSSR count). The second kappa shape index (κ2) is 10.8. The van der Waals surface area contributed by atoms with Crippen molar-refractivity contribution >= 4 is 17.8 Å². The van der Waals surface area contributed by atoms with Gasteiger partial charge in [-0.3, -0.25) is 20.4 Å². The van der Waals surface area contributed by atoms with Gasteiger partial charge in [-0.05, 0) is 30.7 Å². The zero-order chi connectivity index (χ0) is 17.8. The third-order valence-electron chi connectivity index (χ3n) is 3.06. The number of nitrogens with one attached hydrogen (secondary N) is 2. The van der Waals surface area contributed by atoms with Crippen molar-refractivity contribution < 1.29 is 24.2 Å². The number of carbonyl (C=O) groups excluding carboxylic acids is 2.